The molecule has 0 N–H and O–H groups in total. The first-order valence-electron chi connectivity index (χ1n) is 9.66. The Morgan fingerprint density at radius 2 is 1.54 bits per heavy atom. The molecular weight excluding hydrogens is 350 g/mol. The van der Waals surface area contributed by atoms with E-state index in [0.717, 1.165) is 48.7 Å². The van der Waals surface area contributed by atoms with E-state index in [9.17, 15) is 0 Å². The third kappa shape index (κ3) is 2.74. The average molecular weight is 373 g/mol. The first-order chi connectivity index (χ1) is 13.6. The van der Waals surface area contributed by atoms with Crippen LogP contribution in [0, 0.1) is 20.8 Å². The third-order valence-electron chi connectivity index (χ3n) is 5.53. The highest BCUT2D eigenvalue weighted by Gasteiger charge is 2.23. The normalized spacial score (nSPS) is 15.0. The van der Waals surface area contributed by atoms with Crippen molar-refractivity contribution < 1.29 is 0 Å². The maximum Gasteiger partial charge on any atom is 0.222 e. The number of tetrazole rings is 1. The summed E-state index contributed by atoms with van der Waals surface area (Å²) in [5.41, 5.74) is 7.70. The third-order valence-corrected chi connectivity index (χ3v) is 5.53. The second-order valence-electron chi connectivity index (χ2n) is 7.61. The molecular formula is C21H23N7. The molecule has 142 valence electrons. The Bertz CT molecular complexity index is 1170. The number of nitrogens with zero attached hydrogens (tertiary/aromatic N) is 7. The second kappa shape index (κ2) is 6.44. The lowest BCUT2D eigenvalue weighted by molar-refractivity contribution is 0.647. The Balaban J connectivity index is 1.47. The van der Waals surface area contributed by atoms with E-state index in [0.29, 0.717) is 0 Å². The summed E-state index contributed by atoms with van der Waals surface area (Å²) in [6.45, 7) is 10.1. The van der Waals surface area contributed by atoms with E-state index in [2.05, 4.69) is 76.4 Å². The maximum atomic E-state index is 4.91. The van der Waals surface area contributed by atoms with Crippen LogP contribution < -0.4 is 9.80 Å². The highest BCUT2D eigenvalue weighted by Crippen LogP contribution is 2.27. The molecule has 2 aromatic carbocycles. The van der Waals surface area contributed by atoms with Gasteiger partial charge in [0, 0.05) is 31.9 Å². The lowest BCUT2D eigenvalue weighted by Crippen LogP contribution is -2.47. The second-order valence-corrected chi connectivity index (χ2v) is 7.61. The van der Waals surface area contributed by atoms with Crippen molar-refractivity contribution in [3.63, 3.8) is 0 Å². The van der Waals surface area contributed by atoms with Crippen molar-refractivity contribution in [3.8, 4) is 0 Å². The Labute approximate surface area is 163 Å². The summed E-state index contributed by atoms with van der Waals surface area (Å²) in [5, 5.41) is 12.4. The summed E-state index contributed by atoms with van der Waals surface area (Å²) >= 11 is 0. The Kier molecular flexibility index (Phi) is 3.89. The van der Waals surface area contributed by atoms with E-state index in [1.54, 1.807) is 4.52 Å². The van der Waals surface area contributed by atoms with Gasteiger partial charge in [-0.05, 0) is 60.5 Å². The molecule has 0 spiro atoms. The van der Waals surface area contributed by atoms with Gasteiger partial charge >= 0.3 is 0 Å². The summed E-state index contributed by atoms with van der Waals surface area (Å²) in [6.07, 6.45) is 0. The van der Waals surface area contributed by atoms with Crippen LogP contribution in [0.15, 0.2) is 36.4 Å². The van der Waals surface area contributed by atoms with Crippen molar-refractivity contribution in [1.29, 1.82) is 0 Å². The van der Waals surface area contributed by atoms with Crippen LogP contribution in [0.5, 0.6) is 0 Å². The van der Waals surface area contributed by atoms with Gasteiger partial charge in [-0.2, -0.15) is 4.52 Å². The molecule has 0 aliphatic carbocycles. The minimum absolute atomic E-state index is 0.720. The van der Waals surface area contributed by atoms with Crippen LogP contribution >= 0.6 is 0 Å². The van der Waals surface area contributed by atoms with Crippen LogP contribution in [0.2, 0.25) is 0 Å². The van der Waals surface area contributed by atoms with Crippen molar-refractivity contribution in [2.24, 2.45) is 0 Å². The van der Waals surface area contributed by atoms with E-state index < -0.39 is 0 Å². The van der Waals surface area contributed by atoms with Crippen molar-refractivity contribution in [2.75, 3.05) is 36.0 Å². The topological polar surface area (TPSA) is 62.5 Å². The zero-order valence-electron chi connectivity index (χ0n) is 16.4. The highest BCUT2D eigenvalue weighted by atomic mass is 15.5. The molecule has 28 heavy (non-hydrogen) atoms. The molecule has 7 nitrogen and oxygen atoms in total. The molecule has 1 saturated heterocycles. The molecule has 0 atom stereocenters. The molecule has 0 amide bonds. The molecule has 5 rings (SSSR count). The fourth-order valence-corrected chi connectivity index (χ4v) is 4.08. The fourth-order valence-electron chi connectivity index (χ4n) is 4.08. The minimum atomic E-state index is 0.720. The molecule has 0 radical (unpaired) electrons. The average Bonchev–Trinajstić information content (AvgIpc) is 3.18. The zero-order valence-corrected chi connectivity index (χ0v) is 16.4. The molecule has 0 unspecified atom stereocenters. The molecule has 0 bridgehead atoms. The maximum absolute atomic E-state index is 4.91. The van der Waals surface area contributed by atoms with Crippen molar-refractivity contribution in [3.05, 3.63) is 53.1 Å². The number of anilines is 2. The first-order valence-corrected chi connectivity index (χ1v) is 9.66. The van der Waals surface area contributed by atoms with E-state index >= 15 is 0 Å². The molecule has 7 heteroatoms. The lowest BCUT2D eigenvalue weighted by atomic mass is 10.1. The number of aryl methyl sites for hydroxylation is 3. The minimum Gasteiger partial charge on any atom is -0.368 e. The number of fused-ring (bicyclic) bond motifs is 3. The standard InChI is InChI=1S/C21H23N7/c1-14-5-7-18(16(3)12-14)26-8-10-27(11-9-26)20-21-23-24-25-28(21)19-13-15(2)4-6-17(19)22-20/h4-7,12-13H,8-11H2,1-3H3. The van der Waals surface area contributed by atoms with E-state index in [1.807, 2.05) is 6.07 Å². The Hall–Kier alpha value is -3.22. The summed E-state index contributed by atoms with van der Waals surface area (Å²) in [7, 11) is 0. The quantitative estimate of drug-likeness (QED) is 0.538. The van der Waals surface area contributed by atoms with Crippen LogP contribution in [-0.4, -0.2) is 51.2 Å². The SMILES string of the molecule is Cc1ccc(N2CCN(c3nc4ccc(C)cc4n4nnnc34)CC2)c(C)c1. The summed E-state index contributed by atoms with van der Waals surface area (Å²) < 4.78 is 1.81. The van der Waals surface area contributed by atoms with Crippen molar-refractivity contribution in [1.82, 2.24) is 25.0 Å². The predicted molar refractivity (Wildman–Crippen MR) is 111 cm³/mol. The van der Waals surface area contributed by atoms with Gasteiger partial charge in [0.2, 0.25) is 5.65 Å². The number of rotatable bonds is 2. The van der Waals surface area contributed by atoms with Crippen LogP contribution in [0.1, 0.15) is 16.7 Å². The molecule has 0 saturated carbocycles. The first kappa shape index (κ1) is 16.9. The van der Waals surface area contributed by atoms with Gasteiger partial charge in [-0.15, -0.1) is 5.10 Å². The number of hydrogen-bond donors (Lipinski definition) is 0. The van der Waals surface area contributed by atoms with Gasteiger partial charge < -0.3 is 9.80 Å². The highest BCUT2D eigenvalue weighted by molar-refractivity contribution is 5.83. The van der Waals surface area contributed by atoms with Gasteiger partial charge in [0.25, 0.3) is 0 Å². The van der Waals surface area contributed by atoms with Gasteiger partial charge in [-0.25, -0.2) is 4.98 Å². The van der Waals surface area contributed by atoms with E-state index in [4.69, 9.17) is 4.98 Å². The number of benzene rings is 2. The molecule has 1 fully saturated rings. The summed E-state index contributed by atoms with van der Waals surface area (Å²) in [6, 6.07) is 12.9. The van der Waals surface area contributed by atoms with Crippen LogP contribution in [0.4, 0.5) is 11.5 Å². The monoisotopic (exact) mass is 373 g/mol. The van der Waals surface area contributed by atoms with Gasteiger partial charge in [0.1, 0.15) is 0 Å². The van der Waals surface area contributed by atoms with Gasteiger partial charge in [0.15, 0.2) is 5.82 Å². The van der Waals surface area contributed by atoms with Gasteiger partial charge in [0.05, 0.1) is 11.0 Å². The Morgan fingerprint density at radius 3 is 2.32 bits per heavy atom. The van der Waals surface area contributed by atoms with Crippen LogP contribution in [0.3, 0.4) is 0 Å². The molecule has 2 aromatic heterocycles. The van der Waals surface area contributed by atoms with Crippen LogP contribution in [-0.2, 0) is 0 Å². The molecule has 4 aromatic rings. The van der Waals surface area contributed by atoms with E-state index in [1.165, 1.54) is 22.4 Å². The molecule has 1 aliphatic heterocycles. The smallest absolute Gasteiger partial charge is 0.222 e. The number of piperazine rings is 1. The van der Waals surface area contributed by atoms with E-state index in [-0.39, 0.29) is 0 Å². The molecule has 1 aliphatic rings. The predicted octanol–water partition coefficient (Wildman–Crippen LogP) is 2.92. The van der Waals surface area contributed by atoms with Crippen molar-refractivity contribution >= 4 is 28.2 Å². The largest absolute Gasteiger partial charge is 0.368 e. The Morgan fingerprint density at radius 1 is 0.821 bits per heavy atom. The van der Waals surface area contributed by atoms with Crippen molar-refractivity contribution in [2.45, 2.75) is 20.8 Å². The fraction of sp³-hybridized carbons (Fsp3) is 0.333. The van der Waals surface area contributed by atoms with Gasteiger partial charge in [-0.3, -0.25) is 0 Å². The van der Waals surface area contributed by atoms with Crippen LogP contribution in [0.25, 0.3) is 16.7 Å². The van der Waals surface area contributed by atoms with Gasteiger partial charge in [-0.1, -0.05) is 23.8 Å². The number of hydrogen-bond acceptors (Lipinski definition) is 6. The summed E-state index contributed by atoms with van der Waals surface area (Å²) in [4.78, 5) is 9.66. The number of aromatic nitrogens is 5. The summed E-state index contributed by atoms with van der Waals surface area (Å²) in [5.74, 6) is 0.863. The molecule has 3 heterocycles. The lowest BCUT2D eigenvalue weighted by Gasteiger charge is -2.37. The zero-order chi connectivity index (χ0) is 19.3.